The molecule has 0 aliphatic rings. The molecule has 6 heteroatoms. The van der Waals surface area contributed by atoms with E-state index >= 15 is 0 Å². The fraction of sp³-hybridized carbons (Fsp3) is 0.214. The second-order valence-electron chi connectivity index (χ2n) is 4.42. The number of nitrogens with zero attached hydrogens (tertiary/aromatic N) is 3. The molecular weight excluding hydrogens is 256 g/mol. The van der Waals surface area contributed by atoms with Gasteiger partial charge in [-0.1, -0.05) is 17.3 Å². The Hall–Kier alpha value is -2.81. The molecule has 0 saturated carbocycles. The van der Waals surface area contributed by atoms with Gasteiger partial charge in [-0.15, -0.1) is 0 Å². The average Bonchev–Trinajstić information content (AvgIpc) is 2.84. The standard InChI is InChI=1S/C14H14N4O2/c1-10-6-13(17-20-10)16-14(19)18(2)9-12-5-3-4-11(7-12)8-15/h3-7H,9H2,1-2H3,(H,16,17,19). The average molecular weight is 270 g/mol. The van der Waals surface area contributed by atoms with Crippen LogP contribution in [0.1, 0.15) is 16.9 Å². The lowest BCUT2D eigenvalue weighted by molar-refractivity contribution is 0.220. The number of urea groups is 1. The van der Waals surface area contributed by atoms with E-state index in [1.54, 1.807) is 38.2 Å². The Morgan fingerprint density at radius 3 is 2.95 bits per heavy atom. The van der Waals surface area contributed by atoms with Crippen molar-refractivity contribution in [3.05, 3.63) is 47.2 Å². The van der Waals surface area contributed by atoms with Crippen molar-refractivity contribution in [2.75, 3.05) is 12.4 Å². The van der Waals surface area contributed by atoms with E-state index in [0.717, 1.165) is 5.56 Å². The van der Waals surface area contributed by atoms with Crippen LogP contribution < -0.4 is 5.32 Å². The summed E-state index contributed by atoms with van der Waals surface area (Å²) >= 11 is 0. The third-order valence-electron chi connectivity index (χ3n) is 2.69. The molecule has 0 radical (unpaired) electrons. The molecule has 1 N–H and O–H groups in total. The zero-order chi connectivity index (χ0) is 14.5. The largest absolute Gasteiger partial charge is 0.360 e. The summed E-state index contributed by atoms with van der Waals surface area (Å²) in [4.78, 5) is 13.4. The fourth-order valence-electron chi connectivity index (χ4n) is 1.72. The first kappa shape index (κ1) is 13.6. The van der Waals surface area contributed by atoms with Crippen LogP contribution >= 0.6 is 0 Å². The van der Waals surface area contributed by atoms with Gasteiger partial charge < -0.3 is 9.42 Å². The lowest BCUT2D eigenvalue weighted by atomic mass is 10.1. The van der Waals surface area contributed by atoms with E-state index in [1.165, 1.54) is 4.90 Å². The molecule has 0 bridgehead atoms. The highest BCUT2D eigenvalue weighted by molar-refractivity contribution is 5.88. The number of hydrogen-bond acceptors (Lipinski definition) is 4. The van der Waals surface area contributed by atoms with Crippen LogP contribution in [-0.2, 0) is 6.54 Å². The molecule has 1 aromatic carbocycles. The van der Waals surface area contributed by atoms with E-state index in [0.29, 0.717) is 23.7 Å². The maximum atomic E-state index is 11.9. The summed E-state index contributed by atoms with van der Waals surface area (Å²) in [6.07, 6.45) is 0. The third kappa shape index (κ3) is 3.36. The van der Waals surface area contributed by atoms with Crippen LogP contribution in [0.3, 0.4) is 0 Å². The Morgan fingerprint density at radius 1 is 1.50 bits per heavy atom. The molecule has 2 amide bonds. The highest BCUT2D eigenvalue weighted by Crippen LogP contribution is 2.10. The van der Waals surface area contributed by atoms with Crippen LogP contribution in [0.5, 0.6) is 0 Å². The van der Waals surface area contributed by atoms with Crippen molar-refractivity contribution in [3.63, 3.8) is 0 Å². The number of nitriles is 1. The third-order valence-corrected chi connectivity index (χ3v) is 2.69. The number of anilines is 1. The van der Waals surface area contributed by atoms with Crippen LogP contribution in [0.4, 0.5) is 10.6 Å². The van der Waals surface area contributed by atoms with Gasteiger partial charge in [0.05, 0.1) is 11.6 Å². The minimum Gasteiger partial charge on any atom is -0.360 e. The van der Waals surface area contributed by atoms with Crippen LogP contribution in [0, 0.1) is 18.3 Å². The van der Waals surface area contributed by atoms with E-state index in [2.05, 4.69) is 16.5 Å². The number of amides is 2. The number of carbonyl (C=O) groups is 1. The molecule has 6 nitrogen and oxygen atoms in total. The first-order valence-corrected chi connectivity index (χ1v) is 6.03. The minimum absolute atomic E-state index is 0.291. The smallest absolute Gasteiger partial charge is 0.323 e. The Morgan fingerprint density at radius 2 is 2.30 bits per heavy atom. The Balaban J connectivity index is 1.98. The molecule has 0 unspecified atom stereocenters. The van der Waals surface area contributed by atoms with Gasteiger partial charge >= 0.3 is 6.03 Å². The first-order chi connectivity index (χ1) is 9.58. The van der Waals surface area contributed by atoms with E-state index in [4.69, 9.17) is 9.78 Å². The second kappa shape index (κ2) is 5.89. The molecular formula is C14H14N4O2. The summed E-state index contributed by atoms with van der Waals surface area (Å²) in [5, 5.41) is 15.2. The summed E-state index contributed by atoms with van der Waals surface area (Å²) in [6.45, 7) is 2.15. The van der Waals surface area contributed by atoms with Crippen molar-refractivity contribution >= 4 is 11.8 Å². The van der Waals surface area contributed by atoms with Crippen LogP contribution in [0.25, 0.3) is 0 Å². The zero-order valence-electron chi connectivity index (χ0n) is 11.3. The van der Waals surface area contributed by atoms with Crippen molar-refractivity contribution in [3.8, 4) is 6.07 Å². The SMILES string of the molecule is Cc1cc(NC(=O)N(C)Cc2cccc(C#N)c2)no1. The fourth-order valence-corrected chi connectivity index (χ4v) is 1.72. The molecule has 0 aliphatic heterocycles. The van der Waals surface area contributed by atoms with E-state index in [1.807, 2.05) is 6.07 Å². The van der Waals surface area contributed by atoms with Gasteiger partial charge in [-0.3, -0.25) is 5.32 Å². The van der Waals surface area contributed by atoms with Crippen molar-refractivity contribution in [2.24, 2.45) is 0 Å². The van der Waals surface area contributed by atoms with Crippen LogP contribution in [0.2, 0.25) is 0 Å². The summed E-state index contributed by atoms with van der Waals surface area (Å²) in [7, 11) is 1.67. The number of benzene rings is 1. The van der Waals surface area contributed by atoms with Crippen molar-refractivity contribution in [2.45, 2.75) is 13.5 Å². The van der Waals surface area contributed by atoms with Gasteiger partial charge in [0.25, 0.3) is 0 Å². The molecule has 0 spiro atoms. The Labute approximate surface area is 116 Å². The van der Waals surface area contributed by atoms with Crippen LogP contribution in [0.15, 0.2) is 34.9 Å². The lowest BCUT2D eigenvalue weighted by Crippen LogP contribution is -2.30. The predicted molar refractivity (Wildman–Crippen MR) is 72.9 cm³/mol. The number of aromatic nitrogens is 1. The number of hydrogen-bond donors (Lipinski definition) is 1. The number of rotatable bonds is 3. The van der Waals surface area contributed by atoms with Gasteiger partial charge in [-0.05, 0) is 24.6 Å². The van der Waals surface area contributed by atoms with Crippen LogP contribution in [-0.4, -0.2) is 23.1 Å². The topological polar surface area (TPSA) is 82.2 Å². The van der Waals surface area contributed by atoms with E-state index in [9.17, 15) is 4.79 Å². The van der Waals surface area contributed by atoms with Gasteiger partial charge in [0.15, 0.2) is 5.82 Å². The van der Waals surface area contributed by atoms with Gasteiger partial charge in [0.2, 0.25) is 0 Å². The molecule has 0 aliphatic carbocycles. The highest BCUT2D eigenvalue weighted by Gasteiger charge is 2.11. The van der Waals surface area contributed by atoms with E-state index in [-0.39, 0.29) is 6.03 Å². The van der Waals surface area contributed by atoms with E-state index < -0.39 is 0 Å². The summed E-state index contributed by atoms with van der Waals surface area (Å²) < 4.78 is 4.87. The zero-order valence-corrected chi connectivity index (χ0v) is 11.3. The molecule has 1 aromatic heterocycles. The lowest BCUT2D eigenvalue weighted by Gasteiger charge is -2.17. The monoisotopic (exact) mass is 270 g/mol. The Bertz CT molecular complexity index is 657. The van der Waals surface area contributed by atoms with Gasteiger partial charge in [0, 0.05) is 19.7 Å². The quantitative estimate of drug-likeness (QED) is 0.929. The molecule has 2 rings (SSSR count). The predicted octanol–water partition coefficient (Wildman–Crippen LogP) is 2.52. The van der Waals surface area contributed by atoms with Gasteiger partial charge in [0.1, 0.15) is 5.76 Å². The maximum absolute atomic E-state index is 11.9. The molecule has 0 atom stereocenters. The van der Waals surface area contributed by atoms with Crippen molar-refractivity contribution in [1.82, 2.24) is 10.1 Å². The molecule has 0 saturated heterocycles. The molecule has 102 valence electrons. The maximum Gasteiger partial charge on any atom is 0.323 e. The molecule has 0 fully saturated rings. The Kier molecular flexibility index (Phi) is 4.01. The summed E-state index contributed by atoms with van der Waals surface area (Å²) in [6, 6.07) is 10.6. The first-order valence-electron chi connectivity index (χ1n) is 6.03. The second-order valence-corrected chi connectivity index (χ2v) is 4.42. The highest BCUT2D eigenvalue weighted by atomic mass is 16.5. The normalized spacial score (nSPS) is 9.85. The van der Waals surface area contributed by atoms with Crippen molar-refractivity contribution < 1.29 is 9.32 Å². The number of nitrogens with one attached hydrogen (secondary N) is 1. The van der Waals surface area contributed by atoms with Gasteiger partial charge in [-0.25, -0.2) is 4.79 Å². The number of aryl methyl sites for hydroxylation is 1. The van der Waals surface area contributed by atoms with Crippen molar-refractivity contribution in [1.29, 1.82) is 5.26 Å². The molecule has 1 heterocycles. The minimum atomic E-state index is -0.291. The molecule has 2 aromatic rings. The number of carbonyl (C=O) groups excluding carboxylic acids is 1. The summed E-state index contributed by atoms with van der Waals surface area (Å²) in [5.74, 6) is 1.01. The molecule has 20 heavy (non-hydrogen) atoms. The summed E-state index contributed by atoms with van der Waals surface area (Å²) in [5.41, 5.74) is 1.46. The van der Waals surface area contributed by atoms with Gasteiger partial charge in [-0.2, -0.15) is 5.26 Å².